The van der Waals surface area contributed by atoms with Crippen LogP contribution in [0.1, 0.15) is 50.9 Å². The molecule has 1 fully saturated rings. The van der Waals surface area contributed by atoms with Crippen LogP contribution in [0.4, 0.5) is 0 Å². The molecule has 0 aromatic carbocycles. The van der Waals surface area contributed by atoms with Crippen molar-refractivity contribution in [1.82, 2.24) is 20.2 Å². The number of tetrazole rings is 1. The number of carbonyl (C=O) groups is 1. The molecule has 1 aromatic rings. The molecule has 0 aliphatic heterocycles. The van der Waals surface area contributed by atoms with E-state index >= 15 is 0 Å². The van der Waals surface area contributed by atoms with Crippen LogP contribution in [0.5, 0.6) is 0 Å². The van der Waals surface area contributed by atoms with Gasteiger partial charge in [-0.3, -0.25) is 0 Å². The molecule has 0 saturated heterocycles. The fraction of sp³-hybridized carbons (Fsp3) is 0.800. The first-order valence-electron chi connectivity index (χ1n) is 5.65. The lowest BCUT2D eigenvalue weighted by Gasteiger charge is -2.19. The summed E-state index contributed by atoms with van der Waals surface area (Å²) in [6, 6.07) is -0.643. The van der Waals surface area contributed by atoms with Crippen LogP contribution in [0.2, 0.25) is 0 Å². The van der Waals surface area contributed by atoms with Crippen molar-refractivity contribution in [1.29, 1.82) is 0 Å². The lowest BCUT2D eigenvalue weighted by atomic mass is 9.99. The van der Waals surface area contributed by atoms with E-state index in [1.54, 1.807) is 0 Å². The van der Waals surface area contributed by atoms with Gasteiger partial charge < -0.3 is 5.11 Å². The molecule has 6 nitrogen and oxygen atoms in total. The number of aromatic nitrogens is 4. The van der Waals surface area contributed by atoms with Crippen LogP contribution in [0.3, 0.4) is 0 Å². The molecule has 1 saturated carbocycles. The lowest BCUT2D eigenvalue weighted by molar-refractivity contribution is -0.143. The van der Waals surface area contributed by atoms with Crippen LogP contribution in [-0.2, 0) is 4.79 Å². The topological polar surface area (TPSA) is 80.9 Å². The highest BCUT2D eigenvalue weighted by atomic mass is 16.4. The number of rotatable bonds is 5. The summed E-state index contributed by atoms with van der Waals surface area (Å²) in [6.07, 6.45) is 2.92. The Morgan fingerprint density at radius 2 is 2.31 bits per heavy atom. The Bertz CT molecular complexity index is 386. The van der Waals surface area contributed by atoms with Crippen molar-refractivity contribution in [3.05, 3.63) is 5.82 Å². The molecule has 2 unspecified atom stereocenters. The predicted octanol–water partition coefficient (Wildman–Crippen LogP) is 1.22. The Morgan fingerprint density at radius 3 is 2.81 bits per heavy atom. The van der Waals surface area contributed by atoms with Crippen LogP contribution in [0.25, 0.3) is 0 Å². The summed E-state index contributed by atoms with van der Waals surface area (Å²) < 4.78 is 1.49. The predicted molar refractivity (Wildman–Crippen MR) is 55.9 cm³/mol. The SMILES string of the molecule is CCC(C)C(C(=O)O)n1nnnc1C1CC1. The smallest absolute Gasteiger partial charge is 0.328 e. The van der Waals surface area contributed by atoms with Crippen molar-refractivity contribution in [2.75, 3.05) is 0 Å². The Balaban J connectivity index is 2.30. The lowest BCUT2D eigenvalue weighted by Crippen LogP contribution is -2.27. The standard InChI is InChI=1S/C10H16N4O2/c1-3-6(2)8(10(15)16)14-9(7-4-5-7)11-12-13-14/h6-8H,3-5H2,1-2H3,(H,15,16). The summed E-state index contributed by atoms with van der Waals surface area (Å²) in [7, 11) is 0. The van der Waals surface area contributed by atoms with E-state index in [1.807, 2.05) is 13.8 Å². The Kier molecular flexibility index (Phi) is 2.89. The van der Waals surface area contributed by atoms with E-state index in [0.29, 0.717) is 5.92 Å². The number of aliphatic carboxylic acids is 1. The van der Waals surface area contributed by atoms with Crippen molar-refractivity contribution in [2.24, 2.45) is 5.92 Å². The highest BCUT2D eigenvalue weighted by Gasteiger charge is 2.35. The molecule has 1 aliphatic rings. The minimum atomic E-state index is -0.858. The monoisotopic (exact) mass is 224 g/mol. The molecule has 2 rings (SSSR count). The maximum Gasteiger partial charge on any atom is 0.328 e. The van der Waals surface area contributed by atoms with E-state index in [4.69, 9.17) is 0 Å². The second-order valence-electron chi connectivity index (χ2n) is 4.42. The highest BCUT2D eigenvalue weighted by molar-refractivity contribution is 5.72. The molecule has 1 heterocycles. The molecule has 1 aromatic heterocycles. The summed E-state index contributed by atoms with van der Waals surface area (Å²) in [4.78, 5) is 11.3. The van der Waals surface area contributed by atoms with Gasteiger partial charge in [-0.1, -0.05) is 20.3 Å². The third kappa shape index (κ3) is 1.91. The van der Waals surface area contributed by atoms with Crippen molar-refractivity contribution in [3.8, 4) is 0 Å². The fourth-order valence-electron chi connectivity index (χ4n) is 1.82. The zero-order valence-electron chi connectivity index (χ0n) is 9.50. The van der Waals surface area contributed by atoms with Gasteiger partial charge in [0.05, 0.1) is 0 Å². The minimum Gasteiger partial charge on any atom is -0.480 e. The van der Waals surface area contributed by atoms with Gasteiger partial charge in [0, 0.05) is 5.92 Å². The summed E-state index contributed by atoms with van der Waals surface area (Å²) in [5.41, 5.74) is 0. The number of carboxylic acid groups (broad SMARTS) is 1. The molecule has 0 spiro atoms. The van der Waals surface area contributed by atoms with Gasteiger partial charge in [-0.25, -0.2) is 9.48 Å². The van der Waals surface area contributed by atoms with E-state index in [0.717, 1.165) is 25.1 Å². The van der Waals surface area contributed by atoms with Crippen molar-refractivity contribution in [3.63, 3.8) is 0 Å². The molecule has 0 radical (unpaired) electrons. The van der Waals surface area contributed by atoms with Crippen molar-refractivity contribution >= 4 is 5.97 Å². The normalized spacial score (nSPS) is 19.4. The second kappa shape index (κ2) is 4.19. The number of nitrogens with zero attached hydrogens (tertiary/aromatic N) is 4. The van der Waals surface area contributed by atoms with E-state index < -0.39 is 12.0 Å². The Morgan fingerprint density at radius 1 is 1.62 bits per heavy atom. The van der Waals surface area contributed by atoms with Gasteiger partial charge in [-0.2, -0.15) is 0 Å². The molecule has 1 N–H and O–H groups in total. The average Bonchev–Trinajstić information content (AvgIpc) is 2.99. The van der Waals surface area contributed by atoms with Crippen LogP contribution in [0, 0.1) is 5.92 Å². The second-order valence-corrected chi connectivity index (χ2v) is 4.42. The Hall–Kier alpha value is -1.46. The third-order valence-electron chi connectivity index (χ3n) is 3.16. The zero-order valence-corrected chi connectivity index (χ0v) is 9.50. The largest absolute Gasteiger partial charge is 0.480 e. The molecule has 16 heavy (non-hydrogen) atoms. The van der Waals surface area contributed by atoms with E-state index in [1.165, 1.54) is 4.68 Å². The van der Waals surface area contributed by atoms with Gasteiger partial charge in [-0.05, 0) is 29.2 Å². The third-order valence-corrected chi connectivity index (χ3v) is 3.16. The average molecular weight is 224 g/mol. The van der Waals surface area contributed by atoms with Gasteiger partial charge in [0.25, 0.3) is 0 Å². The minimum absolute atomic E-state index is 0.0264. The van der Waals surface area contributed by atoms with Crippen molar-refractivity contribution < 1.29 is 9.90 Å². The molecule has 0 bridgehead atoms. The summed E-state index contributed by atoms with van der Waals surface area (Å²) in [5.74, 6) is 0.260. The number of carboxylic acids is 1. The van der Waals surface area contributed by atoms with Crippen LogP contribution < -0.4 is 0 Å². The fourth-order valence-corrected chi connectivity index (χ4v) is 1.82. The van der Waals surface area contributed by atoms with Gasteiger partial charge in [-0.15, -0.1) is 5.10 Å². The van der Waals surface area contributed by atoms with Gasteiger partial charge in [0.1, 0.15) is 0 Å². The highest BCUT2D eigenvalue weighted by Crippen LogP contribution is 2.39. The maximum atomic E-state index is 11.3. The molecule has 2 atom stereocenters. The first-order chi connectivity index (χ1) is 7.65. The molecular weight excluding hydrogens is 208 g/mol. The molecule has 88 valence electrons. The van der Waals surface area contributed by atoms with E-state index in [2.05, 4.69) is 15.5 Å². The number of hydrogen-bond donors (Lipinski definition) is 1. The van der Waals surface area contributed by atoms with E-state index in [-0.39, 0.29) is 5.92 Å². The van der Waals surface area contributed by atoms with Gasteiger partial charge in [0.2, 0.25) is 0 Å². The van der Waals surface area contributed by atoms with Gasteiger partial charge >= 0.3 is 5.97 Å². The Labute approximate surface area is 93.6 Å². The van der Waals surface area contributed by atoms with Crippen LogP contribution >= 0.6 is 0 Å². The first kappa shape index (κ1) is 11.0. The quantitative estimate of drug-likeness (QED) is 0.813. The maximum absolute atomic E-state index is 11.3. The summed E-state index contributed by atoms with van der Waals surface area (Å²) in [6.45, 7) is 3.89. The first-order valence-corrected chi connectivity index (χ1v) is 5.65. The molecule has 6 heteroatoms. The molecule has 1 aliphatic carbocycles. The zero-order chi connectivity index (χ0) is 11.7. The van der Waals surface area contributed by atoms with Crippen molar-refractivity contribution in [2.45, 2.75) is 45.1 Å². The van der Waals surface area contributed by atoms with E-state index in [9.17, 15) is 9.90 Å². The molecular formula is C10H16N4O2. The van der Waals surface area contributed by atoms with Gasteiger partial charge in [0.15, 0.2) is 11.9 Å². The molecule has 0 amide bonds. The summed E-state index contributed by atoms with van der Waals surface area (Å²) in [5, 5.41) is 20.6. The summed E-state index contributed by atoms with van der Waals surface area (Å²) >= 11 is 0. The van der Waals surface area contributed by atoms with Crippen LogP contribution in [0.15, 0.2) is 0 Å². The number of hydrogen-bond acceptors (Lipinski definition) is 4. The van der Waals surface area contributed by atoms with Crippen LogP contribution in [-0.4, -0.2) is 31.3 Å².